The van der Waals surface area contributed by atoms with Crippen LogP contribution in [0.3, 0.4) is 0 Å². The van der Waals surface area contributed by atoms with Gasteiger partial charge >= 0.3 is 12.0 Å². The Kier molecular flexibility index (Phi) is 3.50. The molecule has 5 heteroatoms. The van der Waals surface area contributed by atoms with Gasteiger partial charge in [-0.1, -0.05) is 13.3 Å². The molecule has 3 unspecified atom stereocenters. The van der Waals surface area contributed by atoms with Gasteiger partial charge in [0, 0.05) is 12.6 Å². The molecule has 0 aromatic heterocycles. The first-order chi connectivity index (χ1) is 8.45. The van der Waals surface area contributed by atoms with E-state index in [2.05, 4.69) is 12.2 Å². The van der Waals surface area contributed by atoms with E-state index in [0.29, 0.717) is 18.9 Å². The predicted octanol–water partition coefficient (Wildman–Crippen LogP) is 1.82. The van der Waals surface area contributed by atoms with Gasteiger partial charge in [-0.25, -0.2) is 9.59 Å². The zero-order chi connectivity index (χ0) is 13.3. The number of carboxylic acid groups (broad SMARTS) is 1. The van der Waals surface area contributed by atoms with Gasteiger partial charge in [0.15, 0.2) is 0 Å². The van der Waals surface area contributed by atoms with Crippen LogP contribution in [-0.2, 0) is 4.79 Å². The fraction of sp³-hybridized carbons (Fsp3) is 0.846. The molecule has 0 bridgehead atoms. The number of nitrogens with zero attached hydrogens (tertiary/aromatic N) is 1. The van der Waals surface area contributed by atoms with Gasteiger partial charge in [0.1, 0.15) is 5.54 Å². The molecule has 3 atom stereocenters. The average Bonchev–Trinajstić information content (AvgIpc) is 2.87. The van der Waals surface area contributed by atoms with Gasteiger partial charge in [0.05, 0.1) is 0 Å². The largest absolute Gasteiger partial charge is 0.480 e. The van der Waals surface area contributed by atoms with Crippen LogP contribution in [-0.4, -0.2) is 40.1 Å². The number of carbonyl (C=O) groups excluding carboxylic acids is 1. The topological polar surface area (TPSA) is 69.6 Å². The zero-order valence-corrected chi connectivity index (χ0v) is 11.1. The molecule has 1 saturated carbocycles. The lowest BCUT2D eigenvalue weighted by molar-refractivity contribution is -0.147. The number of carbonyl (C=O) groups is 2. The van der Waals surface area contributed by atoms with Gasteiger partial charge in [0.2, 0.25) is 0 Å². The Balaban J connectivity index is 2.02. The fourth-order valence-electron chi connectivity index (χ4n) is 3.11. The molecule has 0 spiro atoms. The molecule has 1 saturated heterocycles. The van der Waals surface area contributed by atoms with E-state index in [1.54, 1.807) is 6.92 Å². The Labute approximate surface area is 108 Å². The predicted molar refractivity (Wildman–Crippen MR) is 67.3 cm³/mol. The third kappa shape index (κ3) is 2.18. The number of hydrogen-bond donors (Lipinski definition) is 2. The monoisotopic (exact) mass is 254 g/mol. The second-order valence-electron chi connectivity index (χ2n) is 5.80. The third-order valence-electron chi connectivity index (χ3n) is 4.52. The van der Waals surface area contributed by atoms with E-state index < -0.39 is 11.5 Å². The van der Waals surface area contributed by atoms with E-state index in [9.17, 15) is 14.7 Å². The van der Waals surface area contributed by atoms with Crippen molar-refractivity contribution < 1.29 is 14.7 Å². The van der Waals surface area contributed by atoms with Gasteiger partial charge in [-0.05, 0) is 38.5 Å². The van der Waals surface area contributed by atoms with Gasteiger partial charge < -0.3 is 15.3 Å². The van der Waals surface area contributed by atoms with Crippen molar-refractivity contribution >= 4 is 12.0 Å². The van der Waals surface area contributed by atoms with E-state index in [0.717, 1.165) is 25.7 Å². The highest BCUT2D eigenvalue weighted by Gasteiger charge is 2.46. The van der Waals surface area contributed by atoms with E-state index in [4.69, 9.17) is 0 Å². The lowest BCUT2D eigenvalue weighted by Gasteiger charge is -2.32. The van der Waals surface area contributed by atoms with E-state index >= 15 is 0 Å². The minimum absolute atomic E-state index is 0.205. The minimum atomic E-state index is -1.04. The van der Waals surface area contributed by atoms with E-state index in [-0.39, 0.29) is 12.1 Å². The first-order valence-electron chi connectivity index (χ1n) is 6.76. The summed E-state index contributed by atoms with van der Waals surface area (Å²) >= 11 is 0. The van der Waals surface area contributed by atoms with Crippen molar-refractivity contribution in [1.82, 2.24) is 10.2 Å². The highest BCUT2D eigenvalue weighted by Crippen LogP contribution is 2.30. The molecule has 2 fully saturated rings. The Hall–Kier alpha value is -1.26. The Morgan fingerprint density at radius 2 is 2.06 bits per heavy atom. The lowest BCUT2D eigenvalue weighted by atomic mass is 9.99. The summed E-state index contributed by atoms with van der Waals surface area (Å²) in [6, 6.07) is -0.00713. The summed E-state index contributed by atoms with van der Waals surface area (Å²) < 4.78 is 0. The van der Waals surface area contributed by atoms with Crippen LogP contribution in [0.25, 0.3) is 0 Å². The molecule has 1 aliphatic heterocycles. The Morgan fingerprint density at radius 3 is 2.61 bits per heavy atom. The highest BCUT2D eigenvalue weighted by atomic mass is 16.4. The number of nitrogens with one attached hydrogen (secondary N) is 1. The molecule has 1 aliphatic carbocycles. The van der Waals surface area contributed by atoms with Crippen LogP contribution < -0.4 is 5.32 Å². The van der Waals surface area contributed by atoms with Crippen molar-refractivity contribution in [2.75, 3.05) is 6.54 Å². The summed E-state index contributed by atoms with van der Waals surface area (Å²) in [5.41, 5.74) is -1.04. The minimum Gasteiger partial charge on any atom is -0.480 e. The van der Waals surface area contributed by atoms with Crippen LogP contribution >= 0.6 is 0 Å². The molecule has 2 aliphatic rings. The first kappa shape index (κ1) is 13.2. The number of likely N-dealkylation sites (tertiary alicyclic amines) is 1. The quantitative estimate of drug-likeness (QED) is 0.789. The van der Waals surface area contributed by atoms with Crippen molar-refractivity contribution in [2.24, 2.45) is 5.92 Å². The molecule has 2 rings (SSSR count). The van der Waals surface area contributed by atoms with Crippen molar-refractivity contribution in [3.63, 3.8) is 0 Å². The standard InChI is InChI=1S/C13H22N2O3/c1-9-5-3-6-10(9)14-12(18)15-8-4-7-13(15,2)11(16)17/h9-10H,3-8H2,1-2H3,(H,14,18)(H,16,17). The second kappa shape index (κ2) is 4.78. The molecule has 0 radical (unpaired) electrons. The molecule has 5 nitrogen and oxygen atoms in total. The third-order valence-corrected chi connectivity index (χ3v) is 4.52. The van der Waals surface area contributed by atoms with Crippen LogP contribution in [0.2, 0.25) is 0 Å². The summed E-state index contributed by atoms with van der Waals surface area (Å²) in [6.07, 6.45) is 4.58. The summed E-state index contributed by atoms with van der Waals surface area (Å²) in [4.78, 5) is 25.0. The van der Waals surface area contributed by atoms with Gasteiger partial charge in [-0.3, -0.25) is 0 Å². The summed E-state index contributed by atoms with van der Waals surface area (Å²) in [5.74, 6) is -0.415. The first-order valence-corrected chi connectivity index (χ1v) is 6.76. The highest BCUT2D eigenvalue weighted by molar-refractivity contribution is 5.86. The molecule has 102 valence electrons. The molecular formula is C13H22N2O3. The Bertz CT molecular complexity index is 358. The van der Waals surface area contributed by atoms with Crippen LogP contribution in [0, 0.1) is 5.92 Å². The van der Waals surface area contributed by atoms with Crippen LogP contribution in [0.15, 0.2) is 0 Å². The summed E-state index contributed by atoms with van der Waals surface area (Å²) in [6.45, 7) is 4.31. The molecule has 1 heterocycles. The normalized spacial score (nSPS) is 35.8. The van der Waals surface area contributed by atoms with Crippen molar-refractivity contribution in [1.29, 1.82) is 0 Å². The maximum atomic E-state index is 12.2. The maximum absolute atomic E-state index is 12.2. The lowest BCUT2D eigenvalue weighted by Crippen LogP contribution is -2.56. The Morgan fingerprint density at radius 1 is 1.33 bits per heavy atom. The SMILES string of the molecule is CC1CCCC1NC(=O)N1CCCC1(C)C(=O)O. The number of carboxylic acids is 1. The van der Waals surface area contributed by atoms with Crippen molar-refractivity contribution in [3.8, 4) is 0 Å². The smallest absolute Gasteiger partial charge is 0.329 e. The number of hydrogen-bond acceptors (Lipinski definition) is 2. The zero-order valence-electron chi connectivity index (χ0n) is 11.1. The van der Waals surface area contributed by atoms with E-state index in [1.807, 2.05) is 0 Å². The molecule has 2 amide bonds. The van der Waals surface area contributed by atoms with E-state index in [1.165, 1.54) is 4.90 Å². The van der Waals surface area contributed by atoms with Gasteiger partial charge in [-0.15, -0.1) is 0 Å². The summed E-state index contributed by atoms with van der Waals surface area (Å²) in [5, 5.41) is 12.3. The van der Waals surface area contributed by atoms with Crippen molar-refractivity contribution in [3.05, 3.63) is 0 Å². The van der Waals surface area contributed by atoms with Crippen molar-refractivity contribution in [2.45, 2.75) is 57.5 Å². The number of aliphatic carboxylic acids is 1. The maximum Gasteiger partial charge on any atom is 0.329 e. The molecule has 18 heavy (non-hydrogen) atoms. The molecule has 0 aromatic rings. The van der Waals surface area contributed by atoms with Crippen LogP contribution in [0.4, 0.5) is 4.79 Å². The average molecular weight is 254 g/mol. The summed E-state index contributed by atoms with van der Waals surface area (Å²) in [7, 11) is 0. The second-order valence-corrected chi connectivity index (χ2v) is 5.80. The molecule has 0 aromatic carbocycles. The number of rotatable bonds is 2. The van der Waals surface area contributed by atoms with Gasteiger partial charge in [0.25, 0.3) is 0 Å². The molecule has 2 N–H and O–H groups in total. The van der Waals surface area contributed by atoms with Crippen LogP contribution in [0.1, 0.15) is 46.0 Å². The number of urea groups is 1. The van der Waals surface area contributed by atoms with Crippen LogP contribution in [0.5, 0.6) is 0 Å². The fourth-order valence-corrected chi connectivity index (χ4v) is 3.11. The van der Waals surface area contributed by atoms with Gasteiger partial charge in [-0.2, -0.15) is 0 Å². The molecular weight excluding hydrogens is 232 g/mol. The number of amides is 2.